The molecule has 9 nitrogen and oxygen atoms in total. The maximum absolute atomic E-state index is 12.9. The van der Waals surface area contributed by atoms with E-state index in [1.807, 2.05) is 18.2 Å². The molecule has 1 aliphatic heterocycles. The number of carbonyl (C=O) groups excluding carboxylic acids is 3. The molecule has 32 heavy (non-hydrogen) atoms. The van der Waals surface area contributed by atoms with Crippen molar-refractivity contribution in [1.82, 2.24) is 5.32 Å². The zero-order chi connectivity index (χ0) is 23.9. The minimum absolute atomic E-state index is 0.00623. The van der Waals surface area contributed by atoms with Crippen molar-refractivity contribution in [3.05, 3.63) is 35.9 Å². The van der Waals surface area contributed by atoms with Crippen molar-refractivity contribution in [3.63, 3.8) is 0 Å². The van der Waals surface area contributed by atoms with Crippen LogP contribution in [0.3, 0.4) is 0 Å². The molecule has 1 fully saturated rings. The van der Waals surface area contributed by atoms with E-state index in [9.17, 15) is 24.3 Å². The number of ether oxygens (including phenoxy) is 2. The van der Waals surface area contributed by atoms with Crippen molar-refractivity contribution < 1.29 is 38.2 Å². The average Bonchev–Trinajstić information content (AvgIpc) is 3.11. The predicted molar refractivity (Wildman–Crippen MR) is 115 cm³/mol. The van der Waals surface area contributed by atoms with Crippen LogP contribution < -0.4 is 5.32 Å². The Morgan fingerprint density at radius 3 is 2.38 bits per heavy atom. The van der Waals surface area contributed by atoms with Crippen LogP contribution in [0, 0.1) is 0 Å². The lowest BCUT2D eigenvalue weighted by molar-refractivity contribution is -0.792. The number of hydrogen-bond donors (Lipinski definition) is 2. The number of esters is 1. The van der Waals surface area contributed by atoms with E-state index in [1.54, 1.807) is 39.8 Å². The lowest BCUT2D eigenvalue weighted by Crippen LogP contribution is -2.58. The molecule has 2 N–H and O–H groups in total. The Balaban J connectivity index is 2.09. The molecule has 3 amide bonds. The Morgan fingerprint density at radius 1 is 1.19 bits per heavy atom. The van der Waals surface area contributed by atoms with Crippen LogP contribution in [0.15, 0.2) is 30.3 Å². The first-order valence-electron chi connectivity index (χ1n) is 10.8. The highest BCUT2D eigenvalue weighted by Crippen LogP contribution is 2.29. The first-order chi connectivity index (χ1) is 15.0. The summed E-state index contributed by atoms with van der Waals surface area (Å²) in [4.78, 5) is 49.8. The molecular formula is C23H33N2O7+. The van der Waals surface area contributed by atoms with Gasteiger partial charge in [0.1, 0.15) is 24.3 Å². The van der Waals surface area contributed by atoms with Crippen LogP contribution in [0.4, 0.5) is 9.59 Å². The molecule has 176 valence electrons. The molecule has 0 radical (unpaired) electrons. The summed E-state index contributed by atoms with van der Waals surface area (Å²) in [6.07, 6.45) is -1.02. The van der Waals surface area contributed by atoms with E-state index in [0.29, 0.717) is 12.8 Å². The SMILES string of the molecule is C[C@@H]1CCC[N+]1(C(=O)O)C(=O)CC[C@H](NC(=O)OC(C)(C)C)C(=O)OCc1ccccc1. The summed E-state index contributed by atoms with van der Waals surface area (Å²) in [6, 6.07) is 7.55. The van der Waals surface area contributed by atoms with Gasteiger partial charge < -0.3 is 19.9 Å². The van der Waals surface area contributed by atoms with Gasteiger partial charge in [-0.25, -0.2) is 14.4 Å². The van der Waals surface area contributed by atoms with Crippen LogP contribution in [0.5, 0.6) is 0 Å². The van der Waals surface area contributed by atoms with Gasteiger partial charge >= 0.3 is 24.1 Å². The summed E-state index contributed by atoms with van der Waals surface area (Å²) in [6.45, 7) is 7.03. The van der Waals surface area contributed by atoms with Crippen molar-refractivity contribution in [2.45, 2.75) is 77.7 Å². The molecule has 0 aromatic heterocycles. The van der Waals surface area contributed by atoms with Crippen molar-refractivity contribution in [3.8, 4) is 0 Å². The summed E-state index contributed by atoms with van der Waals surface area (Å²) in [5.74, 6) is -1.21. The molecule has 0 spiro atoms. The minimum atomic E-state index is -1.19. The van der Waals surface area contributed by atoms with Crippen LogP contribution in [0.25, 0.3) is 0 Å². The van der Waals surface area contributed by atoms with Crippen molar-refractivity contribution in [2.24, 2.45) is 0 Å². The standard InChI is InChI=1S/C23H32N2O7/c1-16-9-8-14-25(16,22(29)30)19(26)13-12-18(24-21(28)32-23(2,3)4)20(27)31-15-17-10-6-5-7-11-17/h5-7,10-11,16,18H,8-9,12-15H2,1-4H3,(H-,24,28,29,30)/p+1/t16-,18+,25?/m1/s1. The van der Waals surface area contributed by atoms with Gasteiger partial charge in [-0.15, -0.1) is 0 Å². The van der Waals surface area contributed by atoms with Crippen LogP contribution in [-0.4, -0.2) is 57.9 Å². The van der Waals surface area contributed by atoms with E-state index >= 15 is 0 Å². The lowest BCUT2D eigenvalue weighted by atomic mass is 10.1. The van der Waals surface area contributed by atoms with E-state index in [-0.39, 0.29) is 32.0 Å². The molecule has 0 bridgehead atoms. The van der Waals surface area contributed by atoms with Crippen LogP contribution in [-0.2, 0) is 25.7 Å². The van der Waals surface area contributed by atoms with Gasteiger partial charge in [0.2, 0.25) is 0 Å². The fourth-order valence-corrected chi connectivity index (χ4v) is 3.83. The molecule has 1 heterocycles. The molecule has 0 aliphatic carbocycles. The van der Waals surface area contributed by atoms with E-state index in [4.69, 9.17) is 9.47 Å². The van der Waals surface area contributed by atoms with E-state index in [1.165, 1.54) is 0 Å². The van der Waals surface area contributed by atoms with Gasteiger partial charge in [0.25, 0.3) is 0 Å². The second-order valence-electron chi connectivity index (χ2n) is 9.09. The highest BCUT2D eigenvalue weighted by molar-refractivity contribution is 5.84. The maximum atomic E-state index is 12.9. The van der Waals surface area contributed by atoms with E-state index in [0.717, 1.165) is 5.56 Å². The van der Waals surface area contributed by atoms with Crippen molar-refractivity contribution in [1.29, 1.82) is 0 Å². The number of amides is 3. The first-order valence-corrected chi connectivity index (χ1v) is 10.8. The zero-order valence-electron chi connectivity index (χ0n) is 19.1. The lowest BCUT2D eigenvalue weighted by Gasteiger charge is -2.30. The van der Waals surface area contributed by atoms with Gasteiger partial charge in [0.15, 0.2) is 0 Å². The van der Waals surface area contributed by atoms with E-state index < -0.39 is 40.2 Å². The monoisotopic (exact) mass is 449 g/mol. The smallest absolute Gasteiger partial charge is 0.459 e. The number of quaternary nitrogens is 1. The Morgan fingerprint density at radius 2 is 1.84 bits per heavy atom. The highest BCUT2D eigenvalue weighted by Gasteiger charge is 2.52. The number of hydrogen-bond acceptors (Lipinski definition) is 6. The fourth-order valence-electron chi connectivity index (χ4n) is 3.83. The Kier molecular flexibility index (Phi) is 8.38. The molecule has 1 aromatic carbocycles. The van der Waals surface area contributed by atoms with E-state index in [2.05, 4.69) is 5.32 Å². The molecule has 1 aromatic rings. The predicted octanol–water partition coefficient (Wildman–Crippen LogP) is 3.61. The molecule has 3 atom stereocenters. The number of carbonyl (C=O) groups is 4. The van der Waals surface area contributed by atoms with Crippen molar-refractivity contribution >= 4 is 24.1 Å². The van der Waals surface area contributed by atoms with Gasteiger partial charge in [-0.05, 0) is 39.7 Å². The van der Waals surface area contributed by atoms with Gasteiger partial charge in [0.05, 0.1) is 13.0 Å². The third-order valence-electron chi connectivity index (χ3n) is 5.52. The summed E-state index contributed by atoms with van der Waals surface area (Å²) in [5.41, 5.74) is -0.00344. The molecule has 1 unspecified atom stereocenters. The number of nitrogens with one attached hydrogen (secondary N) is 1. The summed E-state index contributed by atoms with van der Waals surface area (Å²) in [5, 5.41) is 12.2. The van der Waals surface area contributed by atoms with Gasteiger partial charge in [-0.3, -0.25) is 0 Å². The number of benzene rings is 1. The maximum Gasteiger partial charge on any atom is 0.521 e. The molecule has 1 aliphatic rings. The topological polar surface area (TPSA) is 119 Å². The van der Waals surface area contributed by atoms with Gasteiger partial charge in [-0.2, -0.15) is 9.28 Å². The first kappa shape index (κ1) is 25.3. The molecule has 1 saturated heterocycles. The van der Waals surface area contributed by atoms with Crippen LogP contribution >= 0.6 is 0 Å². The van der Waals surface area contributed by atoms with Gasteiger partial charge in [-0.1, -0.05) is 30.3 Å². The largest absolute Gasteiger partial charge is 0.521 e. The van der Waals surface area contributed by atoms with Gasteiger partial charge in [0, 0.05) is 12.8 Å². The number of rotatable bonds is 7. The second kappa shape index (κ2) is 10.6. The van der Waals surface area contributed by atoms with Crippen LogP contribution in [0.2, 0.25) is 0 Å². The average molecular weight is 450 g/mol. The minimum Gasteiger partial charge on any atom is -0.459 e. The molecule has 9 heteroatoms. The Bertz CT molecular complexity index is 834. The molecular weight excluding hydrogens is 416 g/mol. The number of imide groups is 1. The number of carboxylic acid groups (broad SMARTS) is 1. The Hall–Kier alpha value is -2.94. The number of alkyl carbamates (subject to hydrolysis) is 1. The quantitative estimate of drug-likeness (QED) is 0.482. The number of nitrogens with zero attached hydrogens (tertiary/aromatic N) is 1. The zero-order valence-corrected chi connectivity index (χ0v) is 19.1. The summed E-state index contributed by atoms with van der Waals surface area (Å²) >= 11 is 0. The van der Waals surface area contributed by atoms with Crippen LogP contribution in [0.1, 0.15) is 58.9 Å². The Labute approximate surface area is 188 Å². The number of likely N-dealkylation sites (tertiary alicyclic amines) is 1. The third-order valence-corrected chi connectivity index (χ3v) is 5.52. The molecule has 0 saturated carbocycles. The fraction of sp³-hybridized carbons (Fsp3) is 0.565. The van der Waals surface area contributed by atoms with Crippen molar-refractivity contribution in [2.75, 3.05) is 6.54 Å². The second-order valence-corrected chi connectivity index (χ2v) is 9.09. The molecule has 2 rings (SSSR count). The summed E-state index contributed by atoms with van der Waals surface area (Å²) < 4.78 is 9.90. The normalized spacial score (nSPS) is 21.4. The summed E-state index contributed by atoms with van der Waals surface area (Å²) in [7, 11) is 0. The third kappa shape index (κ3) is 6.53. The highest BCUT2D eigenvalue weighted by atomic mass is 16.6.